The molecule has 1 saturated heterocycles. The van der Waals surface area contributed by atoms with Gasteiger partial charge in [-0.15, -0.1) is 0 Å². The summed E-state index contributed by atoms with van der Waals surface area (Å²) in [4.78, 5) is 17.3. The van der Waals surface area contributed by atoms with Crippen LogP contribution in [0.25, 0.3) is 5.65 Å². The first-order chi connectivity index (χ1) is 11.2. The van der Waals surface area contributed by atoms with Crippen LogP contribution in [0.2, 0.25) is 0 Å². The number of pyridine rings is 1. The molecule has 1 fully saturated rings. The van der Waals surface area contributed by atoms with Gasteiger partial charge in [0.1, 0.15) is 5.69 Å². The molecule has 0 aromatic carbocycles. The highest BCUT2D eigenvalue weighted by atomic mass is 16.5. The van der Waals surface area contributed by atoms with Gasteiger partial charge in [-0.2, -0.15) is 0 Å². The lowest BCUT2D eigenvalue weighted by Crippen LogP contribution is -2.33. The van der Waals surface area contributed by atoms with Crippen LogP contribution in [0.3, 0.4) is 0 Å². The Hall–Kier alpha value is -2.08. The summed E-state index contributed by atoms with van der Waals surface area (Å²) in [6.07, 6.45) is 4.74. The van der Waals surface area contributed by atoms with Gasteiger partial charge in [0.15, 0.2) is 11.4 Å². The van der Waals surface area contributed by atoms with Crippen LogP contribution in [0.15, 0.2) is 18.3 Å². The number of hydrogen-bond acceptors (Lipinski definition) is 4. The van der Waals surface area contributed by atoms with E-state index in [0.717, 1.165) is 25.1 Å². The summed E-state index contributed by atoms with van der Waals surface area (Å²) in [7, 11) is 0. The topological polar surface area (TPSA) is 64.9 Å². The maximum atomic E-state index is 12.7. The third-order valence-electron chi connectivity index (χ3n) is 4.05. The summed E-state index contributed by atoms with van der Waals surface area (Å²) in [5, 5.41) is 2.98. The van der Waals surface area contributed by atoms with Crippen LogP contribution < -0.4 is 10.1 Å². The SMILES string of the molecule is CCOc1cccn2c(C(=O)NCC3CCCO3)c(CC)nc12. The Bertz CT molecular complexity index is 690. The molecule has 0 bridgehead atoms. The Morgan fingerprint density at radius 1 is 1.52 bits per heavy atom. The van der Waals surface area contributed by atoms with Gasteiger partial charge in [-0.1, -0.05) is 6.92 Å². The predicted molar refractivity (Wildman–Crippen MR) is 87.0 cm³/mol. The molecule has 3 heterocycles. The normalized spacial score (nSPS) is 17.6. The molecule has 0 aliphatic carbocycles. The Labute approximate surface area is 135 Å². The van der Waals surface area contributed by atoms with E-state index in [1.807, 2.05) is 36.6 Å². The lowest BCUT2D eigenvalue weighted by atomic mass is 10.2. The molecule has 0 radical (unpaired) electrons. The van der Waals surface area contributed by atoms with E-state index in [1.54, 1.807) is 0 Å². The fourth-order valence-electron chi connectivity index (χ4n) is 2.94. The predicted octanol–water partition coefficient (Wildman–Crippen LogP) is 2.20. The third-order valence-corrected chi connectivity index (χ3v) is 4.05. The second kappa shape index (κ2) is 7.00. The van der Waals surface area contributed by atoms with Crippen molar-refractivity contribution >= 4 is 11.6 Å². The number of nitrogens with one attached hydrogen (secondary N) is 1. The van der Waals surface area contributed by atoms with Gasteiger partial charge in [0.05, 0.1) is 18.4 Å². The molecule has 23 heavy (non-hydrogen) atoms. The minimum Gasteiger partial charge on any atom is -0.490 e. The third kappa shape index (κ3) is 3.17. The van der Waals surface area contributed by atoms with Crippen molar-refractivity contribution in [2.75, 3.05) is 19.8 Å². The second-order valence-electron chi connectivity index (χ2n) is 5.60. The molecule has 1 unspecified atom stereocenters. The Morgan fingerprint density at radius 3 is 3.09 bits per heavy atom. The molecule has 124 valence electrons. The summed E-state index contributed by atoms with van der Waals surface area (Å²) >= 11 is 0. The molecule has 2 aromatic rings. The number of imidazole rings is 1. The molecule has 6 heteroatoms. The number of ether oxygens (including phenoxy) is 2. The van der Waals surface area contributed by atoms with Crippen LogP contribution in [0.4, 0.5) is 0 Å². The average Bonchev–Trinajstić information content (AvgIpc) is 3.20. The highest BCUT2D eigenvalue weighted by Gasteiger charge is 2.22. The number of hydrogen-bond donors (Lipinski definition) is 1. The average molecular weight is 317 g/mol. The molecule has 3 rings (SSSR count). The molecule has 1 atom stereocenters. The van der Waals surface area contributed by atoms with Gasteiger partial charge in [0, 0.05) is 19.3 Å². The monoisotopic (exact) mass is 317 g/mol. The summed E-state index contributed by atoms with van der Waals surface area (Å²) in [6.45, 7) is 5.82. The number of aromatic nitrogens is 2. The molecule has 1 aliphatic heterocycles. The quantitative estimate of drug-likeness (QED) is 0.887. The van der Waals surface area contributed by atoms with E-state index in [-0.39, 0.29) is 12.0 Å². The molecule has 1 amide bonds. The standard InChI is InChI=1S/C17H23N3O3/c1-3-13-15(17(21)18-11-12-7-6-10-23-12)20-9-5-8-14(22-4-2)16(20)19-13/h5,8-9,12H,3-4,6-7,10-11H2,1-2H3,(H,18,21). The smallest absolute Gasteiger partial charge is 0.270 e. The summed E-state index contributed by atoms with van der Waals surface area (Å²) in [5.41, 5.74) is 2.05. The van der Waals surface area contributed by atoms with Crippen LogP contribution >= 0.6 is 0 Å². The first-order valence-electron chi connectivity index (χ1n) is 8.27. The van der Waals surface area contributed by atoms with E-state index in [0.29, 0.717) is 36.7 Å². The highest BCUT2D eigenvalue weighted by molar-refractivity contribution is 5.95. The lowest BCUT2D eigenvalue weighted by molar-refractivity contribution is 0.0852. The van der Waals surface area contributed by atoms with E-state index >= 15 is 0 Å². The fourth-order valence-corrected chi connectivity index (χ4v) is 2.94. The van der Waals surface area contributed by atoms with E-state index < -0.39 is 0 Å². The van der Waals surface area contributed by atoms with E-state index in [9.17, 15) is 4.79 Å². The number of aryl methyl sites for hydroxylation is 1. The van der Waals surface area contributed by atoms with E-state index in [1.165, 1.54) is 0 Å². The Morgan fingerprint density at radius 2 is 2.39 bits per heavy atom. The number of amides is 1. The maximum absolute atomic E-state index is 12.7. The van der Waals surface area contributed by atoms with Crippen molar-refractivity contribution in [1.29, 1.82) is 0 Å². The molecule has 2 aromatic heterocycles. The first-order valence-corrected chi connectivity index (χ1v) is 8.27. The molecular formula is C17H23N3O3. The molecular weight excluding hydrogens is 294 g/mol. The van der Waals surface area contributed by atoms with Crippen LogP contribution in [-0.4, -0.2) is 41.2 Å². The molecule has 1 N–H and O–H groups in total. The van der Waals surface area contributed by atoms with Crippen LogP contribution in [0.1, 0.15) is 42.9 Å². The van der Waals surface area contributed by atoms with Gasteiger partial charge >= 0.3 is 0 Å². The van der Waals surface area contributed by atoms with Crippen molar-refractivity contribution in [2.45, 2.75) is 39.2 Å². The summed E-state index contributed by atoms with van der Waals surface area (Å²) in [6, 6.07) is 3.75. The van der Waals surface area contributed by atoms with Crippen molar-refractivity contribution in [2.24, 2.45) is 0 Å². The second-order valence-corrected chi connectivity index (χ2v) is 5.60. The van der Waals surface area contributed by atoms with Crippen LogP contribution in [-0.2, 0) is 11.2 Å². The fraction of sp³-hybridized carbons (Fsp3) is 0.529. The zero-order valence-electron chi connectivity index (χ0n) is 13.7. The maximum Gasteiger partial charge on any atom is 0.270 e. The number of fused-ring (bicyclic) bond motifs is 1. The van der Waals surface area contributed by atoms with Gasteiger partial charge < -0.3 is 14.8 Å². The number of carbonyl (C=O) groups excluding carboxylic acids is 1. The van der Waals surface area contributed by atoms with E-state index in [2.05, 4.69) is 10.3 Å². The number of rotatable bonds is 6. The largest absolute Gasteiger partial charge is 0.490 e. The number of nitrogens with zero attached hydrogens (tertiary/aromatic N) is 2. The van der Waals surface area contributed by atoms with Gasteiger partial charge in [-0.3, -0.25) is 9.20 Å². The van der Waals surface area contributed by atoms with Crippen molar-refractivity contribution in [3.05, 3.63) is 29.7 Å². The van der Waals surface area contributed by atoms with Crippen LogP contribution in [0, 0.1) is 0 Å². The zero-order chi connectivity index (χ0) is 16.2. The van der Waals surface area contributed by atoms with Crippen LogP contribution in [0.5, 0.6) is 5.75 Å². The molecule has 0 saturated carbocycles. The Kier molecular flexibility index (Phi) is 4.81. The summed E-state index contributed by atoms with van der Waals surface area (Å²) < 4.78 is 13.0. The van der Waals surface area contributed by atoms with Gasteiger partial charge in [-0.05, 0) is 38.3 Å². The lowest BCUT2D eigenvalue weighted by Gasteiger charge is -2.11. The van der Waals surface area contributed by atoms with Gasteiger partial charge in [-0.25, -0.2) is 4.98 Å². The summed E-state index contributed by atoms with van der Waals surface area (Å²) in [5.74, 6) is 0.585. The number of carbonyl (C=O) groups is 1. The minimum absolute atomic E-state index is 0.113. The molecule has 1 aliphatic rings. The minimum atomic E-state index is -0.113. The molecule has 0 spiro atoms. The zero-order valence-corrected chi connectivity index (χ0v) is 13.7. The van der Waals surface area contributed by atoms with E-state index in [4.69, 9.17) is 9.47 Å². The first kappa shape index (κ1) is 15.8. The Balaban J connectivity index is 1.88. The molecule has 6 nitrogen and oxygen atoms in total. The van der Waals surface area contributed by atoms with Crippen molar-refractivity contribution in [3.63, 3.8) is 0 Å². The van der Waals surface area contributed by atoms with Gasteiger partial charge in [0.2, 0.25) is 0 Å². The highest BCUT2D eigenvalue weighted by Crippen LogP contribution is 2.23. The van der Waals surface area contributed by atoms with Crippen molar-refractivity contribution in [3.8, 4) is 5.75 Å². The van der Waals surface area contributed by atoms with Crippen molar-refractivity contribution in [1.82, 2.24) is 14.7 Å². The van der Waals surface area contributed by atoms with Crippen molar-refractivity contribution < 1.29 is 14.3 Å². The van der Waals surface area contributed by atoms with Gasteiger partial charge in [0.25, 0.3) is 5.91 Å².